The summed E-state index contributed by atoms with van der Waals surface area (Å²) in [6.45, 7) is 6.42. The van der Waals surface area contributed by atoms with Crippen LogP contribution in [0.15, 0.2) is 41.7 Å². The maximum absolute atomic E-state index is 12.0. The van der Waals surface area contributed by atoms with Crippen LogP contribution >= 0.6 is 0 Å². The van der Waals surface area contributed by atoms with Gasteiger partial charge in [0.15, 0.2) is 5.78 Å². The van der Waals surface area contributed by atoms with Gasteiger partial charge in [-0.3, -0.25) is 4.79 Å². The molecule has 0 radical (unpaired) electrons. The lowest BCUT2D eigenvalue weighted by molar-refractivity contribution is -0.128. The molecule has 2 heteroatoms. The van der Waals surface area contributed by atoms with Crippen LogP contribution in [0.2, 0.25) is 0 Å². The first-order valence-corrected chi connectivity index (χ1v) is 6.02. The maximum Gasteiger partial charge on any atom is 0.175 e. The Morgan fingerprint density at radius 1 is 1.18 bits per heavy atom. The topological polar surface area (TPSA) is 26.3 Å². The monoisotopic (exact) mass is 230 g/mol. The highest BCUT2D eigenvalue weighted by Gasteiger charge is 2.47. The third-order valence-electron chi connectivity index (χ3n) is 3.20. The molecular weight excluding hydrogens is 212 g/mol. The van der Waals surface area contributed by atoms with E-state index in [0.29, 0.717) is 13.0 Å². The standard InChI is InChI=1S/C15H18O2/c1-4-17-14-12(13(16)15(14,2)3)10-11-8-6-5-7-9-11/h5-9H,4,10H2,1-3H3. The van der Waals surface area contributed by atoms with Gasteiger partial charge in [-0.15, -0.1) is 0 Å². The molecule has 0 N–H and O–H groups in total. The van der Waals surface area contributed by atoms with Crippen molar-refractivity contribution in [3.05, 3.63) is 47.2 Å². The third kappa shape index (κ3) is 1.99. The molecule has 1 aromatic carbocycles. The molecule has 2 nitrogen and oxygen atoms in total. The molecule has 0 aromatic heterocycles. The fourth-order valence-corrected chi connectivity index (χ4v) is 2.27. The second kappa shape index (κ2) is 4.36. The summed E-state index contributed by atoms with van der Waals surface area (Å²) in [5, 5.41) is 0. The first kappa shape index (κ1) is 11.9. The molecule has 0 aliphatic heterocycles. The van der Waals surface area contributed by atoms with Gasteiger partial charge in [0.25, 0.3) is 0 Å². The van der Waals surface area contributed by atoms with Gasteiger partial charge in [-0.2, -0.15) is 0 Å². The number of ketones is 1. The molecule has 0 fully saturated rings. The largest absolute Gasteiger partial charge is 0.497 e. The predicted molar refractivity (Wildman–Crippen MR) is 67.6 cm³/mol. The summed E-state index contributed by atoms with van der Waals surface area (Å²) in [5.41, 5.74) is 1.56. The zero-order valence-electron chi connectivity index (χ0n) is 10.6. The number of hydrogen-bond acceptors (Lipinski definition) is 2. The van der Waals surface area contributed by atoms with Gasteiger partial charge in [-0.25, -0.2) is 0 Å². The van der Waals surface area contributed by atoms with Crippen molar-refractivity contribution in [3.63, 3.8) is 0 Å². The molecule has 2 rings (SSSR count). The minimum atomic E-state index is -0.430. The van der Waals surface area contributed by atoms with Gasteiger partial charge in [0, 0.05) is 12.0 Å². The zero-order valence-corrected chi connectivity index (χ0v) is 10.6. The van der Waals surface area contributed by atoms with E-state index in [9.17, 15) is 4.79 Å². The second-order valence-corrected chi connectivity index (χ2v) is 4.86. The Bertz CT molecular complexity index is 455. The molecule has 0 spiro atoms. The average molecular weight is 230 g/mol. The van der Waals surface area contributed by atoms with Crippen molar-refractivity contribution in [1.82, 2.24) is 0 Å². The number of carbonyl (C=O) groups is 1. The average Bonchev–Trinajstić information content (AvgIpc) is 2.34. The number of allylic oxidation sites excluding steroid dienone is 2. The van der Waals surface area contributed by atoms with Crippen LogP contribution in [-0.4, -0.2) is 12.4 Å². The van der Waals surface area contributed by atoms with Crippen molar-refractivity contribution in [1.29, 1.82) is 0 Å². The van der Waals surface area contributed by atoms with Crippen LogP contribution < -0.4 is 0 Å². The normalized spacial score (nSPS) is 17.9. The van der Waals surface area contributed by atoms with E-state index in [1.54, 1.807) is 0 Å². The van der Waals surface area contributed by atoms with Crippen molar-refractivity contribution in [2.45, 2.75) is 27.2 Å². The van der Waals surface area contributed by atoms with E-state index in [2.05, 4.69) is 0 Å². The lowest BCUT2D eigenvalue weighted by Crippen LogP contribution is -2.41. The molecule has 0 amide bonds. The van der Waals surface area contributed by atoms with E-state index >= 15 is 0 Å². The molecule has 0 bridgehead atoms. The molecule has 0 saturated heterocycles. The van der Waals surface area contributed by atoms with Crippen molar-refractivity contribution in [3.8, 4) is 0 Å². The fraction of sp³-hybridized carbons (Fsp3) is 0.400. The number of ether oxygens (including phenoxy) is 1. The Balaban J connectivity index is 2.25. The van der Waals surface area contributed by atoms with E-state index in [1.807, 2.05) is 51.1 Å². The summed E-state index contributed by atoms with van der Waals surface area (Å²) in [7, 11) is 0. The van der Waals surface area contributed by atoms with Crippen LogP contribution in [-0.2, 0) is 16.0 Å². The fourth-order valence-electron chi connectivity index (χ4n) is 2.27. The Hall–Kier alpha value is -1.57. The second-order valence-electron chi connectivity index (χ2n) is 4.86. The molecule has 1 aromatic rings. The lowest BCUT2D eigenvalue weighted by atomic mass is 9.69. The van der Waals surface area contributed by atoms with Gasteiger partial charge in [-0.05, 0) is 26.3 Å². The summed E-state index contributed by atoms with van der Waals surface area (Å²) in [5.74, 6) is 1.08. The molecule has 90 valence electrons. The number of hydrogen-bond donors (Lipinski definition) is 0. The molecular formula is C15H18O2. The van der Waals surface area contributed by atoms with Gasteiger partial charge in [-0.1, -0.05) is 30.3 Å². The molecule has 1 aliphatic carbocycles. The molecule has 0 saturated carbocycles. The van der Waals surface area contributed by atoms with E-state index in [1.165, 1.54) is 0 Å². The summed E-state index contributed by atoms with van der Waals surface area (Å²) in [4.78, 5) is 12.0. The van der Waals surface area contributed by atoms with Gasteiger partial charge in [0.05, 0.1) is 12.0 Å². The predicted octanol–water partition coefficient (Wildman–Crippen LogP) is 3.13. The van der Waals surface area contributed by atoms with Crippen molar-refractivity contribution < 1.29 is 9.53 Å². The Morgan fingerprint density at radius 3 is 2.41 bits per heavy atom. The van der Waals surface area contributed by atoms with Crippen molar-refractivity contribution in [2.75, 3.05) is 6.61 Å². The van der Waals surface area contributed by atoms with E-state index in [-0.39, 0.29) is 5.78 Å². The summed E-state index contributed by atoms with van der Waals surface area (Å²) in [6.07, 6.45) is 0.679. The van der Waals surface area contributed by atoms with Crippen LogP contribution in [0.4, 0.5) is 0 Å². The van der Waals surface area contributed by atoms with Gasteiger partial charge >= 0.3 is 0 Å². The summed E-state index contributed by atoms with van der Waals surface area (Å²) >= 11 is 0. The lowest BCUT2D eigenvalue weighted by Gasteiger charge is -2.38. The van der Waals surface area contributed by atoms with Crippen LogP contribution in [0.5, 0.6) is 0 Å². The van der Waals surface area contributed by atoms with Crippen molar-refractivity contribution in [2.24, 2.45) is 5.41 Å². The first-order valence-electron chi connectivity index (χ1n) is 6.02. The molecule has 0 unspecified atom stereocenters. The Kier molecular flexibility index (Phi) is 3.05. The quantitative estimate of drug-likeness (QED) is 0.794. The number of benzene rings is 1. The Labute approximate surface area is 102 Å². The van der Waals surface area contributed by atoms with Gasteiger partial charge in [0.2, 0.25) is 0 Å². The minimum Gasteiger partial charge on any atom is -0.497 e. The van der Waals surface area contributed by atoms with Gasteiger partial charge in [0.1, 0.15) is 5.76 Å². The van der Waals surface area contributed by atoms with Crippen LogP contribution in [0.1, 0.15) is 26.3 Å². The SMILES string of the molecule is CCOC1=C(Cc2ccccc2)C(=O)C1(C)C. The summed E-state index contributed by atoms with van der Waals surface area (Å²) in [6, 6.07) is 10.0. The highest BCUT2D eigenvalue weighted by molar-refractivity contribution is 6.09. The summed E-state index contributed by atoms with van der Waals surface area (Å²) < 4.78 is 5.61. The van der Waals surface area contributed by atoms with Crippen LogP contribution in [0, 0.1) is 5.41 Å². The number of Topliss-reactive ketones (excluding diaryl/α,β-unsaturated/α-hetero) is 1. The molecule has 0 heterocycles. The van der Waals surface area contributed by atoms with E-state index in [4.69, 9.17) is 4.74 Å². The molecule has 1 aliphatic rings. The van der Waals surface area contributed by atoms with Crippen LogP contribution in [0.3, 0.4) is 0 Å². The van der Waals surface area contributed by atoms with Crippen molar-refractivity contribution >= 4 is 5.78 Å². The third-order valence-corrected chi connectivity index (χ3v) is 3.20. The van der Waals surface area contributed by atoms with Gasteiger partial charge < -0.3 is 4.74 Å². The zero-order chi connectivity index (χ0) is 12.5. The highest BCUT2D eigenvalue weighted by atomic mass is 16.5. The molecule has 0 atom stereocenters. The van der Waals surface area contributed by atoms with E-state index < -0.39 is 5.41 Å². The minimum absolute atomic E-state index is 0.213. The molecule has 17 heavy (non-hydrogen) atoms. The van der Waals surface area contributed by atoms with E-state index in [0.717, 1.165) is 16.9 Å². The smallest absolute Gasteiger partial charge is 0.175 e. The first-order chi connectivity index (χ1) is 8.07. The maximum atomic E-state index is 12.0. The highest BCUT2D eigenvalue weighted by Crippen LogP contribution is 2.44. The Morgan fingerprint density at radius 2 is 1.82 bits per heavy atom. The number of carbonyl (C=O) groups excluding carboxylic acids is 1. The van der Waals surface area contributed by atoms with Crippen LogP contribution in [0.25, 0.3) is 0 Å². The number of rotatable bonds is 4.